The molecule has 0 bridgehead atoms. The van der Waals surface area contributed by atoms with Gasteiger partial charge in [0.25, 0.3) is 0 Å². The van der Waals surface area contributed by atoms with E-state index in [1.54, 1.807) is 0 Å². The molecule has 3 nitrogen and oxygen atoms in total. The monoisotopic (exact) mass is 264 g/mol. The van der Waals surface area contributed by atoms with E-state index < -0.39 is 0 Å². The second-order valence-electron chi connectivity index (χ2n) is 4.06. The molecule has 0 atom stereocenters. The van der Waals surface area contributed by atoms with E-state index in [2.05, 4.69) is 22.4 Å². The molecule has 2 rings (SSSR count). The Balaban J connectivity index is 2.07. The number of halogens is 1. The summed E-state index contributed by atoms with van der Waals surface area (Å²) in [4.78, 5) is 4.51. The van der Waals surface area contributed by atoms with E-state index in [0.29, 0.717) is 19.1 Å². The van der Waals surface area contributed by atoms with Gasteiger partial charge in [0.15, 0.2) is 0 Å². The van der Waals surface area contributed by atoms with Crippen molar-refractivity contribution in [2.45, 2.75) is 6.92 Å². The number of rotatable bonds is 6. The van der Waals surface area contributed by atoms with Crippen LogP contribution in [0, 0.1) is 6.92 Å². The summed E-state index contributed by atoms with van der Waals surface area (Å²) in [6.45, 7) is 4.02. The number of fused-ring (bicyclic) bond motifs is 1. The number of anilines is 1. The maximum Gasteiger partial charge on any atom is 0.0725 e. The molecular weight excluding hydrogens is 248 g/mol. The minimum absolute atomic E-state index is 0.539. The maximum absolute atomic E-state index is 5.54. The predicted molar refractivity (Wildman–Crippen MR) is 76.5 cm³/mol. The fourth-order valence-corrected chi connectivity index (χ4v) is 1.98. The molecule has 96 valence electrons. The molecule has 0 fully saturated rings. The fraction of sp³-hybridized carbons (Fsp3) is 0.357. The molecular formula is C14H17ClN2O. The third kappa shape index (κ3) is 3.34. The number of aromatic nitrogens is 1. The second kappa shape index (κ2) is 6.57. The number of pyridine rings is 1. The molecule has 1 aromatic heterocycles. The van der Waals surface area contributed by atoms with Crippen LogP contribution < -0.4 is 5.32 Å². The number of benzene rings is 1. The largest absolute Gasteiger partial charge is 0.382 e. The van der Waals surface area contributed by atoms with Gasteiger partial charge >= 0.3 is 0 Å². The summed E-state index contributed by atoms with van der Waals surface area (Å²) in [6, 6.07) is 10.2. The van der Waals surface area contributed by atoms with Crippen molar-refractivity contribution in [3.05, 3.63) is 36.0 Å². The lowest BCUT2D eigenvalue weighted by molar-refractivity contribution is 0.160. The van der Waals surface area contributed by atoms with Crippen LogP contribution >= 0.6 is 11.6 Å². The lowest BCUT2D eigenvalue weighted by Gasteiger charge is -2.10. The minimum atomic E-state index is 0.539. The summed E-state index contributed by atoms with van der Waals surface area (Å²) in [5.41, 5.74) is 3.13. The Labute approximate surface area is 112 Å². The van der Waals surface area contributed by atoms with Gasteiger partial charge in [-0.2, -0.15) is 0 Å². The standard InChI is InChI=1S/C14H17ClN2O/c1-11-10-14(16-7-9-18-8-6-15)12-4-2-3-5-13(12)17-11/h2-5,10H,6-9H2,1H3,(H,16,17). The van der Waals surface area contributed by atoms with Crippen LogP contribution in [0.15, 0.2) is 30.3 Å². The van der Waals surface area contributed by atoms with Crippen LogP contribution in [0.5, 0.6) is 0 Å². The molecule has 0 radical (unpaired) electrons. The molecule has 18 heavy (non-hydrogen) atoms. The van der Waals surface area contributed by atoms with Gasteiger partial charge in [0, 0.05) is 29.2 Å². The molecule has 0 unspecified atom stereocenters. The molecule has 0 aliphatic rings. The highest BCUT2D eigenvalue weighted by Crippen LogP contribution is 2.22. The zero-order chi connectivity index (χ0) is 12.8. The Bertz CT molecular complexity index is 516. The number of aryl methyl sites for hydroxylation is 1. The SMILES string of the molecule is Cc1cc(NCCOCCCl)c2ccccc2n1. The van der Waals surface area contributed by atoms with E-state index in [4.69, 9.17) is 16.3 Å². The minimum Gasteiger partial charge on any atom is -0.382 e. The lowest BCUT2D eigenvalue weighted by Crippen LogP contribution is -2.11. The van der Waals surface area contributed by atoms with Gasteiger partial charge < -0.3 is 10.1 Å². The van der Waals surface area contributed by atoms with Crippen LogP contribution in [-0.4, -0.2) is 30.6 Å². The first-order chi connectivity index (χ1) is 8.81. The number of nitrogens with zero attached hydrogens (tertiary/aromatic N) is 1. The lowest BCUT2D eigenvalue weighted by atomic mass is 10.1. The van der Waals surface area contributed by atoms with Gasteiger partial charge in [-0.25, -0.2) is 0 Å². The molecule has 2 aromatic rings. The molecule has 1 aromatic carbocycles. The molecule has 0 spiro atoms. The first-order valence-electron chi connectivity index (χ1n) is 6.05. The summed E-state index contributed by atoms with van der Waals surface area (Å²) in [7, 11) is 0. The number of hydrogen-bond donors (Lipinski definition) is 1. The molecule has 0 saturated carbocycles. The number of alkyl halides is 1. The summed E-state index contributed by atoms with van der Waals surface area (Å²) >= 11 is 5.54. The van der Waals surface area contributed by atoms with Crippen molar-refractivity contribution < 1.29 is 4.74 Å². The van der Waals surface area contributed by atoms with Crippen molar-refractivity contribution >= 4 is 28.2 Å². The first-order valence-corrected chi connectivity index (χ1v) is 6.58. The molecule has 0 saturated heterocycles. The molecule has 1 N–H and O–H groups in total. The Morgan fingerprint density at radius 1 is 1.28 bits per heavy atom. The third-order valence-electron chi connectivity index (χ3n) is 2.63. The third-order valence-corrected chi connectivity index (χ3v) is 2.78. The van der Waals surface area contributed by atoms with Gasteiger partial charge in [0.1, 0.15) is 0 Å². The van der Waals surface area contributed by atoms with E-state index in [1.807, 2.05) is 25.1 Å². The average molecular weight is 265 g/mol. The highest BCUT2D eigenvalue weighted by Gasteiger charge is 2.02. The van der Waals surface area contributed by atoms with Crippen LogP contribution in [-0.2, 0) is 4.74 Å². The summed E-state index contributed by atoms with van der Waals surface area (Å²) in [6.07, 6.45) is 0. The van der Waals surface area contributed by atoms with Crippen molar-refractivity contribution in [2.75, 3.05) is 31.0 Å². The number of para-hydroxylation sites is 1. The number of hydrogen-bond acceptors (Lipinski definition) is 3. The first kappa shape index (κ1) is 13.1. The molecule has 0 amide bonds. The van der Waals surface area contributed by atoms with Gasteiger partial charge in [0.05, 0.1) is 18.7 Å². The van der Waals surface area contributed by atoms with Gasteiger partial charge in [-0.05, 0) is 19.1 Å². The molecule has 0 aliphatic heterocycles. The highest BCUT2D eigenvalue weighted by molar-refractivity contribution is 6.17. The Morgan fingerprint density at radius 3 is 2.94 bits per heavy atom. The van der Waals surface area contributed by atoms with Crippen molar-refractivity contribution in [3.63, 3.8) is 0 Å². The quantitative estimate of drug-likeness (QED) is 0.643. The molecule has 4 heteroatoms. The number of nitrogens with one attached hydrogen (secondary N) is 1. The predicted octanol–water partition coefficient (Wildman–Crippen LogP) is 3.21. The van der Waals surface area contributed by atoms with Crippen LogP contribution in [0.3, 0.4) is 0 Å². The second-order valence-corrected chi connectivity index (χ2v) is 4.43. The summed E-state index contributed by atoms with van der Waals surface area (Å²) in [5, 5.41) is 4.52. The van der Waals surface area contributed by atoms with Crippen LogP contribution in [0.4, 0.5) is 5.69 Å². The zero-order valence-electron chi connectivity index (χ0n) is 10.4. The van der Waals surface area contributed by atoms with E-state index >= 15 is 0 Å². The van der Waals surface area contributed by atoms with Gasteiger partial charge in [-0.1, -0.05) is 18.2 Å². The van der Waals surface area contributed by atoms with Crippen molar-refractivity contribution in [3.8, 4) is 0 Å². The van der Waals surface area contributed by atoms with Crippen LogP contribution in [0.25, 0.3) is 10.9 Å². The highest BCUT2D eigenvalue weighted by atomic mass is 35.5. The van der Waals surface area contributed by atoms with E-state index in [0.717, 1.165) is 28.8 Å². The maximum atomic E-state index is 5.54. The van der Waals surface area contributed by atoms with E-state index in [-0.39, 0.29) is 0 Å². The van der Waals surface area contributed by atoms with Gasteiger partial charge in [0.2, 0.25) is 0 Å². The topological polar surface area (TPSA) is 34.1 Å². The molecule has 0 aliphatic carbocycles. The Morgan fingerprint density at radius 2 is 2.11 bits per heavy atom. The fourth-order valence-electron chi connectivity index (χ4n) is 1.87. The summed E-state index contributed by atoms with van der Waals surface area (Å²) in [5.74, 6) is 0.539. The van der Waals surface area contributed by atoms with Crippen molar-refractivity contribution in [1.29, 1.82) is 0 Å². The smallest absolute Gasteiger partial charge is 0.0725 e. The normalized spacial score (nSPS) is 10.8. The van der Waals surface area contributed by atoms with Crippen LogP contribution in [0.2, 0.25) is 0 Å². The van der Waals surface area contributed by atoms with E-state index in [1.165, 1.54) is 0 Å². The number of ether oxygens (including phenoxy) is 1. The van der Waals surface area contributed by atoms with Crippen LogP contribution in [0.1, 0.15) is 5.69 Å². The zero-order valence-corrected chi connectivity index (χ0v) is 11.2. The Hall–Kier alpha value is -1.32. The van der Waals surface area contributed by atoms with Crippen molar-refractivity contribution in [1.82, 2.24) is 4.98 Å². The van der Waals surface area contributed by atoms with E-state index in [9.17, 15) is 0 Å². The summed E-state index contributed by atoms with van der Waals surface area (Å²) < 4.78 is 5.34. The van der Waals surface area contributed by atoms with Gasteiger partial charge in [-0.15, -0.1) is 11.6 Å². The average Bonchev–Trinajstić information content (AvgIpc) is 2.38. The Kier molecular flexibility index (Phi) is 4.79. The molecule has 1 heterocycles. The van der Waals surface area contributed by atoms with Gasteiger partial charge in [-0.3, -0.25) is 4.98 Å². The van der Waals surface area contributed by atoms with Crippen molar-refractivity contribution in [2.24, 2.45) is 0 Å².